The second kappa shape index (κ2) is 7.26. The predicted octanol–water partition coefficient (Wildman–Crippen LogP) is 2.01. The molecular weight excluding hydrogens is 296 g/mol. The first-order chi connectivity index (χ1) is 10.9. The molecule has 2 amide bonds. The van der Waals surface area contributed by atoms with E-state index in [9.17, 15) is 14.4 Å². The van der Waals surface area contributed by atoms with Gasteiger partial charge in [0.25, 0.3) is 0 Å². The van der Waals surface area contributed by atoms with Crippen LogP contribution >= 0.6 is 0 Å². The fraction of sp³-hybridized carbons (Fsp3) is 0.471. The van der Waals surface area contributed by atoms with Crippen LogP contribution in [-0.4, -0.2) is 22.9 Å². The van der Waals surface area contributed by atoms with E-state index in [2.05, 4.69) is 10.6 Å². The van der Waals surface area contributed by atoms with Crippen LogP contribution in [0.15, 0.2) is 24.3 Å². The van der Waals surface area contributed by atoms with Crippen LogP contribution in [0.25, 0.3) is 0 Å². The van der Waals surface area contributed by atoms with Crippen molar-refractivity contribution in [3.8, 4) is 0 Å². The summed E-state index contributed by atoms with van der Waals surface area (Å²) in [6.45, 7) is 4.14. The Kier molecular flexibility index (Phi) is 5.36. The van der Waals surface area contributed by atoms with Gasteiger partial charge in [-0.2, -0.15) is 0 Å². The second-order valence-electron chi connectivity index (χ2n) is 6.00. The van der Waals surface area contributed by atoms with E-state index in [1.807, 2.05) is 32.0 Å². The van der Waals surface area contributed by atoms with Crippen molar-refractivity contribution in [3.63, 3.8) is 0 Å². The lowest BCUT2D eigenvalue weighted by molar-refractivity contribution is -0.140. The molecule has 0 heterocycles. The summed E-state index contributed by atoms with van der Waals surface area (Å²) < 4.78 is 0. The maximum atomic E-state index is 11.9. The minimum absolute atomic E-state index is 0.0315. The molecule has 23 heavy (non-hydrogen) atoms. The molecule has 0 aliphatic heterocycles. The zero-order valence-corrected chi connectivity index (χ0v) is 13.3. The lowest BCUT2D eigenvalue weighted by Gasteiger charge is -2.11. The van der Waals surface area contributed by atoms with Crippen LogP contribution in [0.5, 0.6) is 0 Å². The van der Waals surface area contributed by atoms with Gasteiger partial charge in [0.2, 0.25) is 11.8 Å². The van der Waals surface area contributed by atoms with Crippen LogP contribution in [0.1, 0.15) is 32.3 Å². The highest BCUT2D eigenvalue weighted by Gasteiger charge is 2.48. The van der Waals surface area contributed by atoms with E-state index in [1.54, 1.807) is 6.07 Å². The molecule has 2 rings (SSSR count). The van der Waals surface area contributed by atoms with Crippen molar-refractivity contribution in [1.82, 2.24) is 5.32 Å². The molecule has 0 spiro atoms. The molecule has 0 bridgehead atoms. The van der Waals surface area contributed by atoms with Gasteiger partial charge in [-0.25, -0.2) is 0 Å². The third-order valence-electron chi connectivity index (χ3n) is 4.17. The SMILES string of the molecule is CCC(C)C(=O)Nc1cccc(CNC(=O)C2CC2C(=O)O)c1. The van der Waals surface area contributed by atoms with E-state index >= 15 is 0 Å². The molecule has 1 aromatic rings. The first-order valence-corrected chi connectivity index (χ1v) is 7.82. The van der Waals surface area contributed by atoms with Gasteiger partial charge in [0.05, 0.1) is 11.8 Å². The van der Waals surface area contributed by atoms with Crippen molar-refractivity contribution in [3.05, 3.63) is 29.8 Å². The van der Waals surface area contributed by atoms with E-state index in [1.165, 1.54) is 0 Å². The van der Waals surface area contributed by atoms with Crippen molar-refractivity contribution < 1.29 is 19.5 Å². The van der Waals surface area contributed by atoms with Crippen LogP contribution in [0, 0.1) is 17.8 Å². The van der Waals surface area contributed by atoms with Crippen LogP contribution in [0.3, 0.4) is 0 Å². The second-order valence-corrected chi connectivity index (χ2v) is 6.00. The Balaban J connectivity index is 1.87. The van der Waals surface area contributed by atoms with Crippen LogP contribution in [0.4, 0.5) is 5.69 Å². The van der Waals surface area contributed by atoms with Crippen LogP contribution in [0.2, 0.25) is 0 Å². The normalized spacial score (nSPS) is 20.4. The molecule has 3 atom stereocenters. The predicted molar refractivity (Wildman–Crippen MR) is 85.6 cm³/mol. The third kappa shape index (κ3) is 4.55. The van der Waals surface area contributed by atoms with Gasteiger partial charge in [0, 0.05) is 18.2 Å². The molecule has 3 N–H and O–H groups in total. The van der Waals surface area contributed by atoms with E-state index in [-0.39, 0.29) is 17.7 Å². The standard InChI is InChI=1S/C17H22N2O4/c1-3-10(2)15(20)19-12-6-4-5-11(7-12)9-18-16(21)13-8-14(13)17(22)23/h4-7,10,13-14H,3,8-9H2,1-2H3,(H,18,21)(H,19,20)(H,22,23). The zero-order valence-electron chi connectivity index (χ0n) is 13.3. The maximum absolute atomic E-state index is 11.9. The largest absolute Gasteiger partial charge is 0.481 e. The van der Waals surface area contributed by atoms with Gasteiger partial charge in [-0.1, -0.05) is 26.0 Å². The highest BCUT2D eigenvalue weighted by atomic mass is 16.4. The third-order valence-corrected chi connectivity index (χ3v) is 4.17. The number of carbonyl (C=O) groups is 3. The fourth-order valence-electron chi connectivity index (χ4n) is 2.29. The van der Waals surface area contributed by atoms with Gasteiger partial charge in [-0.05, 0) is 30.5 Å². The summed E-state index contributed by atoms with van der Waals surface area (Å²) >= 11 is 0. The number of aliphatic carboxylic acids is 1. The van der Waals surface area contributed by atoms with E-state index in [0.717, 1.165) is 12.0 Å². The summed E-state index contributed by atoms with van der Waals surface area (Å²) in [5.41, 5.74) is 1.55. The number of carboxylic acid groups (broad SMARTS) is 1. The van der Waals surface area contributed by atoms with Crippen molar-refractivity contribution in [2.45, 2.75) is 33.2 Å². The van der Waals surface area contributed by atoms with Crippen molar-refractivity contribution in [1.29, 1.82) is 0 Å². The van der Waals surface area contributed by atoms with Gasteiger partial charge in [0.1, 0.15) is 0 Å². The number of rotatable bonds is 7. The first kappa shape index (κ1) is 17.0. The van der Waals surface area contributed by atoms with Gasteiger partial charge in [-0.3, -0.25) is 14.4 Å². The molecule has 124 valence electrons. The minimum Gasteiger partial charge on any atom is -0.481 e. The average molecular weight is 318 g/mol. The number of benzene rings is 1. The first-order valence-electron chi connectivity index (χ1n) is 7.82. The molecule has 3 unspecified atom stereocenters. The number of carboxylic acids is 1. The Hall–Kier alpha value is -2.37. The number of nitrogens with one attached hydrogen (secondary N) is 2. The maximum Gasteiger partial charge on any atom is 0.307 e. The summed E-state index contributed by atoms with van der Waals surface area (Å²) in [5, 5.41) is 14.4. The summed E-state index contributed by atoms with van der Waals surface area (Å²) in [7, 11) is 0. The van der Waals surface area contributed by atoms with Gasteiger partial charge in [-0.15, -0.1) is 0 Å². The van der Waals surface area contributed by atoms with Crippen molar-refractivity contribution in [2.24, 2.45) is 17.8 Å². The Morgan fingerprint density at radius 2 is 2.04 bits per heavy atom. The summed E-state index contributed by atoms with van der Waals surface area (Å²) in [6, 6.07) is 7.26. The Labute approximate surface area is 135 Å². The molecule has 1 aromatic carbocycles. The number of hydrogen-bond acceptors (Lipinski definition) is 3. The van der Waals surface area contributed by atoms with E-state index in [0.29, 0.717) is 18.7 Å². The Morgan fingerprint density at radius 3 is 2.65 bits per heavy atom. The smallest absolute Gasteiger partial charge is 0.307 e. The monoisotopic (exact) mass is 318 g/mol. The lowest BCUT2D eigenvalue weighted by Crippen LogP contribution is -2.26. The molecule has 6 heteroatoms. The van der Waals surface area contributed by atoms with Crippen LogP contribution < -0.4 is 10.6 Å². The van der Waals surface area contributed by atoms with Gasteiger partial charge >= 0.3 is 5.97 Å². The molecule has 0 radical (unpaired) electrons. The molecule has 1 aliphatic carbocycles. The Morgan fingerprint density at radius 1 is 1.30 bits per heavy atom. The van der Waals surface area contributed by atoms with E-state index < -0.39 is 17.8 Å². The molecule has 0 saturated heterocycles. The molecular formula is C17H22N2O4. The van der Waals surface area contributed by atoms with E-state index in [4.69, 9.17) is 5.11 Å². The number of hydrogen-bond donors (Lipinski definition) is 3. The lowest BCUT2D eigenvalue weighted by atomic mass is 10.1. The summed E-state index contributed by atoms with van der Waals surface area (Å²) in [6.07, 6.45) is 1.18. The number of amides is 2. The summed E-state index contributed by atoms with van der Waals surface area (Å²) in [4.78, 5) is 34.5. The number of anilines is 1. The minimum atomic E-state index is -0.917. The molecule has 0 aromatic heterocycles. The highest BCUT2D eigenvalue weighted by Crippen LogP contribution is 2.38. The topological polar surface area (TPSA) is 95.5 Å². The average Bonchev–Trinajstić information content (AvgIpc) is 3.33. The fourth-order valence-corrected chi connectivity index (χ4v) is 2.29. The Bertz CT molecular complexity index is 614. The number of carbonyl (C=O) groups excluding carboxylic acids is 2. The molecule has 1 saturated carbocycles. The molecule has 6 nitrogen and oxygen atoms in total. The van der Waals surface area contributed by atoms with Crippen molar-refractivity contribution in [2.75, 3.05) is 5.32 Å². The summed E-state index contributed by atoms with van der Waals surface area (Å²) in [5.74, 6) is -2.19. The quantitative estimate of drug-likeness (QED) is 0.716. The van der Waals surface area contributed by atoms with Gasteiger partial charge < -0.3 is 15.7 Å². The molecule has 1 fully saturated rings. The van der Waals surface area contributed by atoms with Crippen LogP contribution in [-0.2, 0) is 20.9 Å². The highest BCUT2D eigenvalue weighted by molar-refractivity contribution is 5.92. The van der Waals surface area contributed by atoms with Gasteiger partial charge in [0.15, 0.2) is 0 Å². The molecule has 1 aliphatic rings. The van der Waals surface area contributed by atoms with Crippen molar-refractivity contribution >= 4 is 23.5 Å². The zero-order chi connectivity index (χ0) is 17.0.